The van der Waals surface area contributed by atoms with Gasteiger partial charge in [0.25, 0.3) is 0 Å². The molecule has 18 heavy (non-hydrogen) atoms. The Balaban J connectivity index is 1.68. The first-order valence-electron chi connectivity index (χ1n) is 6.68. The van der Waals surface area contributed by atoms with Crippen molar-refractivity contribution in [3.05, 3.63) is 17.5 Å². The Kier molecular flexibility index (Phi) is 3.39. The topological polar surface area (TPSA) is 41.0 Å². The molecule has 5 heteroatoms. The van der Waals surface area contributed by atoms with Gasteiger partial charge in [0.1, 0.15) is 17.3 Å². The van der Waals surface area contributed by atoms with Gasteiger partial charge in [-0.25, -0.2) is 9.97 Å². The van der Waals surface area contributed by atoms with Gasteiger partial charge in [-0.15, -0.1) is 0 Å². The smallest absolute Gasteiger partial charge is 0.134 e. The van der Waals surface area contributed by atoms with Gasteiger partial charge in [0.15, 0.2) is 0 Å². The van der Waals surface area contributed by atoms with Crippen molar-refractivity contribution >= 4 is 17.4 Å². The van der Waals surface area contributed by atoms with Crippen LogP contribution >= 0.6 is 11.6 Å². The molecule has 2 aliphatic heterocycles. The number of anilines is 1. The van der Waals surface area contributed by atoms with E-state index in [1.807, 2.05) is 0 Å². The van der Waals surface area contributed by atoms with Crippen molar-refractivity contribution in [3.63, 3.8) is 0 Å². The molecule has 3 rings (SSSR count). The molecule has 2 bridgehead atoms. The first-order chi connectivity index (χ1) is 8.72. The monoisotopic (exact) mass is 266 g/mol. The minimum atomic E-state index is 0.501. The van der Waals surface area contributed by atoms with Crippen molar-refractivity contribution in [3.8, 4) is 0 Å². The molecule has 2 atom stereocenters. The summed E-state index contributed by atoms with van der Waals surface area (Å²) in [6.45, 7) is 0. The lowest BCUT2D eigenvalue weighted by Gasteiger charge is -2.47. The molecule has 1 aromatic rings. The second kappa shape index (κ2) is 5.02. The largest absolute Gasteiger partial charge is 0.367 e. The summed E-state index contributed by atoms with van der Waals surface area (Å²) < 4.78 is 0. The average molecular weight is 267 g/mol. The maximum Gasteiger partial charge on any atom is 0.134 e. The lowest BCUT2D eigenvalue weighted by atomic mass is 9.82. The standard InChI is InChI=1S/C13H19ClN4/c1-18-10-3-2-4-11(18)6-9(5-10)17-13-7-12(14)15-8-16-13/h7-11H,2-6H2,1H3,(H,15,16,17). The molecule has 1 aromatic heterocycles. The van der Waals surface area contributed by atoms with Crippen LogP contribution in [0.2, 0.25) is 5.15 Å². The van der Waals surface area contributed by atoms with Crippen molar-refractivity contribution in [1.29, 1.82) is 0 Å². The van der Waals surface area contributed by atoms with Crippen molar-refractivity contribution < 1.29 is 0 Å². The summed E-state index contributed by atoms with van der Waals surface area (Å²) in [5, 5.41) is 4.01. The molecule has 0 radical (unpaired) electrons. The molecule has 3 heterocycles. The highest BCUT2D eigenvalue weighted by atomic mass is 35.5. The number of nitrogens with one attached hydrogen (secondary N) is 1. The van der Waals surface area contributed by atoms with Gasteiger partial charge in [-0.2, -0.15) is 0 Å². The zero-order valence-corrected chi connectivity index (χ0v) is 11.4. The Bertz CT molecular complexity index is 411. The summed E-state index contributed by atoms with van der Waals surface area (Å²) in [6.07, 6.45) is 7.96. The third-order valence-electron chi connectivity index (χ3n) is 4.33. The fraction of sp³-hybridized carbons (Fsp3) is 0.692. The van der Waals surface area contributed by atoms with Gasteiger partial charge < -0.3 is 10.2 Å². The fourth-order valence-corrected chi connectivity index (χ4v) is 3.50. The fourth-order valence-electron chi connectivity index (χ4n) is 3.36. The SMILES string of the molecule is CN1C2CCCC1CC(Nc1cc(Cl)ncn1)C2. The Morgan fingerprint density at radius 3 is 2.67 bits per heavy atom. The summed E-state index contributed by atoms with van der Waals surface area (Å²) in [5.74, 6) is 0.850. The molecule has 0 aromatic carbocycles. The van der Waals surface area contributed by atoms with E-state index in [0.717, 1.165) is 17.9 Å². The Labute approximate surface area is 113 Å². The van der Waals surface area contributed by atoms with E-state index >= 15 is 0 Å². The van der Waals surface area contributed by atoms with E-state index in [9.17, 15) is 0 Å². The van der Waals surface area contributed by atoms with Gasteiger partial charge >= 0.3 is 0 Å². The number of aromatic nitrogens is 2. The summed E-state index contributed by atoms with van der Waals surface area (Å²) in [4.78, 5) is 10.7. The van der Waals surface area contributed by atoms with Crippen LogP contribution in [-0.4, -0.2) is 40.0 Å². The van der Waals surface area contributed by atoms with Gasteiger partial charge in [-0.1, -0.05) is 18.0 Å². The van der Waals surface area contributed by atoms with E-state index in [-0.39, 0.29) is 0 Å². The van der Waals surface area contributed by atoms with Gasteiger partial charge in [0.05, 0.1) is 0 Å². The number of rotatable bonds is 2. The molecule has 0 aliphatic carbocycles. The van der Waals surface area contributed by atoms with E-state index in [1.165, 1.54) is 38.4 Å². The van der Waals surface area contributed by atoms with Crippen molar-refractivity contribution in [2.75, 3.05) is 12.4 Å². The normalized spacial score (nSPS) is 32.2. The quantitative estimate of drug-likeness (QED) is 0.836. The molecule has 2 unspecified atom stereocenters. The molecule has 2 aliphatic rings. The molecule has 2 fully saturated rings. The Morgan fingerprint density at radius 2 is 2.00 bits per heavy atom. The van der Waals surface area contributed by atoms with Crippen LogP contribution in [0.4, 0.5) is 5.82 Å². The van der Waals surface area contributed by atoms with Gasteiger partial charge in [-0.05, 0) is 32.7 Å². The first-order valence-corrected chi connectivity index (χ1v) is 7.06. The van der Waals surface area contributed by atoms with Crippen LogP contribution in [0.5, 0.6) is 0 Å². The van der Waals surface area contributed by atoms with Crippen LogP contribution in [0.15, 0.2) is 12.4 Å². The van der Waals surface area contributed by atoms with Crippen LogP contribution in [0.25, 0.3) is 0 Å². The molecule has 0 saturated carbocycles. The lowest BCUT2D eigenvalue weighted by molar-refractivity contribution is 0.0608. The molecule has 2 saturated heterocycles. The number of piperidine rings is 2. The maximum absolute atomic E-state index is 5.88. The molecule has 0 spiro atoms. The zero-order valence-electron chi connectivity index (χ0n) is 10.6. The van der Waals surface area contributed by atoms with E-state index < -0.39 is 0 Å². The molecular formula is C13H19ClN4. The second-order valence-corrected chi connectivity index (χ2v) is 5.83. The first kappa shape index (κ1) is 12.2. The third-order valence-corrected chi connectivity index (χ3v) is 4.53. The highest BCUT2D eigenvalue weighted by molar-refractivity contribution is 6.29. The lowest BCUT2D eigenvalue weighted by Crippen LogP contribution is -2.52. The predicted octanol–water partition coefficient (Wildman–Crippen LogP) is 2.56. The molecule has 0 amide bonds. The number of hydrogen-bond donors (Lipinski definition) is 1. The van der Waals surface area contributed by atoms with Gasteiger partial charge in [0.2, 0.25) is 0 Å². The van der Waals surface area contributed by atoms with Crippen LogP contribution in [0, 0.1) is 0 Å². The van der Waals surface area contributed by atoms with Crippen molar-refractivity contribution in [1.82, 2.24) is 14.9 Å². The number of fused-ring (bicyclic) bond motifs is 2. The zero-order chi connectivity index (χ0) is 12.5. The van der Waals surface area contributed by atoms with Crippen molar-refractivity contribution in [2.24, 2.45) is 0 Å². The minimum absolute atomic E-state index is 0.501. The molecule has 98 valence electrons. The summed E-state index contributed by atoms with van der Waals surface area (Å²) >= 11 is 5.88. The predicted molar refractivity (Wildman–Crippen MR) is 72.9 cm³/mol. The van der Waals surface area contributed by atoms with Gasteiger partial charge in [0, 0.05) is 24.2 Å². The second-order valence-electron chi connectivity index (χ2n) is 5.44. The minimum Gasteiger partial charge on any atom is -0.367 e. The summed E-state index contributed by atoms with van der Waals surface area (Å²) in [6, 6.07) is 3.78. The maximum atomic E-state index is 5.88. The van der Waals surface area contributed by atoms with E-state index in [2.05, 4.69) is 27.2 Å². The number of halogens is 1. The van der Waals surface area contributed by atoms with E-state index in [4.69, 9.17) is 11.6 Å². The van der Waals surface area contributed by atoms with Crippen LogP contribution < -0.4 is 5.32 Å². The number of nitrogens with zero attached hydrogens (tertiary/aromatic N) is 3. The molecular weight excluding hydrogens is 248 g/mol. The van der Waals surface area contributed by atoms with E-state index in [0.29, 0.717) is 11.2 Å². The number of hydrogen-bond acceptors (Lipinski definition) is 4. The highest BCUT2D eigenvalue weighted by Crippen LogP contribution is 2.33. The molecule has 1 N–H and O–H groups in total. The van der Waals surface area contributed by atoms with Crippen LogP contribution in [0.3, 0.4) is 0 Å². The Hall–Kier alpha value is -0.870. The average Bonchev–Trinajstić information content (AvgIpc) is 2.30. The van der Waals surface area contributed by atoms with Gasteiger partial charge in [-0.3, -0.25) is 0 Å². The summed E-state index contributed by atoms with van der Waals surface area (Å²) in [7, 11) is 2.27. The highest BCUT2D eigenvalue weighted by Gasteiger charge is 2.35. The summed E-state index contributed by atoms with van der Waals surface area (Å²) in [5.41, 5.74) is 0. The Morgan fingerprint density at radius 1 is 1.28 bits per heavy atom. The molecule has 4 nitrogen and oxygen atoms in total. The van der Waals surface area contributed by atoms with Crippen molar-refractivity contribution in [2.45, 2.75) is 50.2 Å². The van der Waals surface area contributed by atoms with E-state index in [1.54, 1.807) is 6.07 Å². The van der Waals surface area contributed by atoms with Crippen LogP contribution in [0.1, 0.15) is 32.1 Å². The third kappa shape index (κ3) is 2.45. The van der Waals surface area contributed by atoms with Crippen LogP contribution in [-0.2, 0) is 0 Å².